The number of carbonyl (C=O) groups is 1. The molecule has 0 unspecified atom stereocenters. The number of oxazole rings is 1. The Kier molecular flexibility index (Phi) is 11.1. The lowest BCUT2D eigenvalue weighted by Gasteiger charge is -2.35. The number of benzene rings is 1. The number of nitrogens with zero attached hydrogens (tertiary/aromatic N) is 4. The number of fused-ring (bicyclic) bond motifs is 1. The average Bonchev–Trinajstić information content (AvgIpc) is 3.73. The molecule has 14 heteroatoms. The number of thiophene rings is 1. The second-order valence-electron chi connectivity index (χ2n) is 11.6. The smallest absolute Gasteiger partial charge is 0.333 e. The number of para-hydroxylation sites is 1. The highest BCUT2D eigenvalue weighted by molar-refractivity contribution is 7.75. The molecule has 6 rings (SSSR count). The van der Waals surface area contributed by atoms with Gasteiger partial charge in [0.15, 0.2) is 0 Å². The summed E-state index contributed by atoms with van der Waals surface area (Å²) in [7, 11) is 1.61. The largest absolute Gasteiger partial charge is 0.496 e. The minimum absolute atomic E-state index is 0.281. The number of hydrogen-bond acceptors (Lipinski definition) is 11. The van der Waals surface area contributed by atoms with Crippen LogP contribution in [0.3, 0.4) is 0 Å². The van der Waals surface area contributed by atoms with Gasteiger partial charge in [-0.05, 0) is 70.1 Å². The number of thiol groups is 1. The minimum Gasteiger partial charge on any atom is -0.496 e. The number of carbonyl (C=O) groups excluding carboxylic acids is 1. The van der Waals surface area contributed by atoms with Gasteiger partial charge in [0.25, 0.3) is 5.56 Å². The molecule has 46 heavy (non-hydrogen) atoms. The Labute approximate surface area is 276 Å². The van der Waals surface area contributed by atoms with Gasteiger partial charge in [0.1, 0.15) is 22.4 Å². The Hall–Kier alpha value is -3.43. The average molecular weight is 673 g/mol. The molecule has 5 heterocycles. The molecule has 2 aliphatic rings. The van der Waals surface area contributed by atoms with Gasteiger partial charge in [0.2, 0.25) is 11.8 Å². The van der Waals surface area contributed by atoms with E-state index in [2.05, 4.69) is 17.9 Å². The molecule has 1 aromatic carbocycles. The van der Waals surface area contributed by atoms with Gasteiger partial charge in [0, 0.05) is 32.8 Å². The van der Waals surface area contributed by atoms with Crippen molar-refractivity contribution in [3.8, 4) is 16.5 Å². The van der Waals surface area contributed by atoms with E-state index >= 15 is 0 Å². The summed E-state index contributed by atoms with van der Waals surface area (Å²) >= 11 is 5.00. The SMILES string of the molecule is COc1ccccc1CCn1c(=O)n(C(C)(C)C(=O)N2CCOCC2)c(=O)c2c(C)c(-c3ncco3)sc21.SOC1CCOCC1. The predicted molar refractivity (Wildman–Crippen MR) is 178 cm³/mol. The maximum Gasteiger partial charge on any atom is 0.333 e. The summed E-state index contributed by atoms with van der Waals surface area (Å²) in [6.45, 7) is 8.65. The maximum absolute atomic E-state index is 14.1. The van der Waals surface area contributed by atoms with Gasteiger partial charge >= 0.3 is 5.69 Å². The van der Waals surface area contributed by atoms with E-state index in [-0.39, 0.29) is 12.5 Å². The molecular weight excluding hydrogens is 633 g/mol. The van der Waals surface area contributed by atoms with Gasteiger partial charge in [0.05, 0.1) is 42.9 Å². The number of amides is 1. The van der Waals surface area contributed by atoms with Crippen molar-refractivity contribution in [2.45, 2.75) is 58.2 Å². The topological polar surface area (TPSA) is 127 Å². The lowest BCUT2D eigenvalue weighted by Crippen LogP contribution is -2.58. The Balaban J connectivity index is 0.000000455. The van der Waals surface area contributed by atoms with Crippen molar-refractivity contribution in [3.05, 3.63) is 68.7 Å². The lowest BCUT2D eigenvalue weighted by molar-refractivity contribution is -0.143. The molecule has 3 aromatic heterocycles. The quantitative estimate of drug-likeness (QED) is 0.218. The van der Waals surface area contributed by atoms with Crippen molar-refractivity contribution in [2.24, 2.45) is 0 Å². The van der Waals surface area contributed by atoms with Crippen molar-refractivity contribution >= 4 is 40.4 Å². The third kappa shape index (κ3) is 6.95. The fourth-order valence-corrected chi connectivity index (χ4v) is 7.22. The summed E-state index contributed by atoms with van der Waals surface area (Å²) in [5.41, 5.74) is -0.867. The number of methoxy groups -OCH3 is 1. The Morgan fingerprint density at radius 3 is 2.43 bits per heavy atom. The molecule has 0 spiro atoms. The molecule has 2 aliphatic heterocycles. The van der Waals surface area contributed by atoms with Crippen LogP contribution >= 0.6 is 24.2 Å². The first-order chi connectivity index (χ1) is 22.2. The number of morpholine rings is 1. The number of aryl methyl sites for hydroxylation is 3. The lowest BCUT2D eigenvalue weighted by atomic mass is 10.0. The van der Waals surface area contributed by atoms with Crippen LogP contribution in [-0.2, 0) is 37.0 Å². The van der Waals surface area contributed by atoms with Gasteiger partial charge < -0.3 is 27.7 Å². The molecule has 0 atom stereocenters. The molecule has 1 amide bonds. The Morgan fingerprint density at radius 2 is 1.80 bits per heavy atom. The van der Waals surface area contributed by atoms with Crippen LogP contribution in [0.1, 0.15) is 37.8 Å². The summed E-state index contributed by atoms with van der Waals surface area (Å²) in [6, 6.07) is 7.62. The van der Waals surface area contributed by atoms with Crippen LogP contribution in [0.4, 0.5) is 0 Å². The number of hydrogen-bond donors (Lipinski definition) is 1. The minimum atomic E-state index is -1.41. The first kappa shape index (κ1) is 33.9. The van der Waals surface area contributed by atoms with Crippen molar-refractivity contribution in [1.82, 2.24) is 19.0 Å². The number of ether oxygens (including phenoxy) is 3. The molecule has 0 saturated carbocycles. The highest BCUT2D eigenvalue weighted by atomic mass is 32.1. The van der Waals surface area contributed by atoms with Gasteiger partial charge in [-0.3, -0.25) is 14.2 Å². The number of rotatable bonds is 8. The zero-order valence-corrected chi connectivity index (χ0v) is 28.2. The molecule has 12 nitrogen and oxygen atoms in total. The third-order valence-electron chi connectivity index (χ3n) is 8.33. The normalized spacial score (nSPS) is 15.9. The molecule has 0 radical (unpaired) electrons. The van der Waals surface area contributed by atoms with Gasteiger partial charge in [-0.2, -0.15) is 0 Å². The van der Waals surface area contributed by atoms with E-state index in [1.165, 1.54) is 23.8 Å². The van der Waals surface area contributed by atoms with E-state index in [0.717, 1.165) is 41.9 Å². The van der Waals surface area contributed by atoms with Crippen LogP contribution < -0.4 is 16.0 Å². The molecule has 2 fully saturated rings. The van der Waals surface area contributed by atoms with Crippen LogP contribution in [0.15, 0.2) is 50.7 Å². The molecule has 0 aliphatic carbocycles. The van der Waals surface area contributed by atoms with Crippen molar-refractivity contribution in [2.75, 3.05) is 46.6 Å². The maximum atomic E-state index is 14.1. The van der Waals surface area contributed by atoms with Gasteiger partial charge in [-0.15, -0.1) is 11.3 Å². The van der Waals surface area contributed by atoms with Crippen molar-refractivity contribution in [1.29, 1.82) is 0 Å². The van der Waals surface area contributed by atoms with Crippen molar-refractivity contribution in [3.63, 3.8) is 0 Å². The fraction of sp³-hybridized carbons (Fsp3) is 0.500. The van der Waals surface area contributed by atoms with E-state index in [4.69, 9.17) is 22.8 Å². The van der Waals surface area contributed by atoms with Crippen LogP contribution in [0, 0.1) is 6.92 Å². The van der Waals surface area contributed by atoms with E-state index in [1.54, 1.807) is 30.4 Å². The highest BCUT2D eigenvalue weighted by Crippen LogP contribution is 2.36. The molecule has 248 valence electrons. The first-order valence-corrected chi connectivity index (χ1v) is 16.4. The van der Waals surface area contributed by atoms with Crippen LogP contribution in [-0.4, -0.2) is 77.7 Å². The fourth-order valence-electron chi connectivity index (χ4n) is 5.75. The van der Waals surface area contributed by atoms with Crippen LogP contribution in [0.25, 0.3) is 21.0 Å². The molecular formula is C32H40N4O8S2. The monoisotopic (exact) mass is 672 g/mol. The summed E-state index contributed by atoms with van der Waals surface area (Å²) in [4.78, 5) is 48.8. The highest BCUT2D eigenvalue weighted by Gasteiger charge is 2.38. The zero-order valence-electron chi connectivity index (χ0n) is 26.5. The van der Waals surface area contributed by atoms with Crippen LogP contribution in [0.2, 0.25) is 0 Å². The van der Waals surface area contributed by atoms with E-state index in [0.29, 0.717) is 65.4 Å². The second-order valence-corrected chi connectivity index (χ2v) is 12.8. The summed E-state index contributed by atoms with van der Waals surface area (Å²) < 4.78 is 29.0. The standard InChI is InChI=1S/C27H30N4O6S.C5H10O2S/c1-17-20-23(32)31(27(2,3)25(33)29-12-15-36-16-13-29)26(34)30(11-9-18-7-5-6-8-19(18)35-4)24(20)38-21(17)22-28-10-14-37-22;8-7-5-1-3-6-4-2-5/h5-8,10,14H,9,11-13,15-16H2,1-4H3;5,8H,1-4H2. The third-order valence-corrected chi connectivity index (χ3v) is 9.94. The number of aromatic nitrogens is 3. The van der Waals surface area contributed by atoms with E-state index < -0.39 is 16.8 Å². The van der Waals surface area contributed by atoms with E-state index in [1.807, 2.05) is 31.2 Å². The van der Waals surface area contributed by atoms with Crippen LogP contribution in [0.5, 0.6) is 5.75 Å². The molecule has 2 saturated heterocycles. The van der Waals surface area contributed by atoms with Crippen molar-refractivity contribution < 1.29 is 27.6 Å². The summed E-state index contributed by atoms with van der Waals surface area (Å²) in [5.74, 6) is 0.800. The summed E-state index contributed by atoms with van der Waals surface area (Å²) in [5, 5.41) is 0.380. The molecule has 0 N–H and O–H groups in total. The van der Waals surface area contributed by atoms with Gasteiger partial charge in [-0.1, -0.05) is 18.2 Å². The molecule has 0 bridgehead atoms. The Bertz CT molecular complexity index is 1750. The first-order valence-electron chi connectivity index (χ1n) is 15.2. The zero-order chi connectivity index (χ0) is 32.8. The molecule has 4 aromatic rings. The summed E-state index contributed by atoms with van der Waals surface area (Å²) in [6.07, 6.45) is 5.80. The Morgan fingerprint density at radius 1 is 1.11 bits per heavy atom. The predicted octanol–water partition coefficient (Wildman–Crippen LogP) is 4.06. The second kappa shape index (κ2) is 15.0. The van der Waals surface area contributed by atoms with Gasteiger partial charge in [-0.25, -0.2) is 14.3 Å². The van der Waals surface area contributed by atoms with E-state index in [9.17, 15) is 14.4 Å².